The maximum atomic E-state index is 11.9. The van der Waals surface area contributed by atoms with Crippen LogP contribution in [-0.2, 0) is 25.2 Å². The lowest BCUT2D eigenvalue weighted by molar-refractivity contribution is 0.0695. The Morgan fingerprint density at radius 2 is 1.44 bits per heavy atom. The van der Waals surface area contributed by atoms with Crippen LogP contribution in [0.3, 0.4) is 0 Å². The molecule has 0 aliphatic rings. The first kappa shape index (κ1) is 34.9. The van der Waals surface area contributed by atoms with Crippen molar-refractivity contribution in [2.45, 2.75) is 67.0 Å². The summed E-state index contributed by atoms with van der Waals surface area (Å²) in [5, 5.41) is 25.4. The van der Waals surface area contributed by atoms with Crippen molar-refractivity contribution in [1.82, 2.24) is 39.1 Å². The molecule has 0 aliphatic heterocycles. The Morgan fingerprint density at radius 1 is 0.884 bits per heavy atom. The van der Waals surface area contributed by atoms with Gasteiger partial charge in [-0.3, -0.25) is 23.5 Å². The number of Topliss-reactive ketones (excluding diaryl/α,β-unsaturated/α-hetero) is 1. The summed E-state index contributed by atoms with van der Waals surface area (Å²) in [6, 6.07) is 1.76. The average molecular weight is 660 g/mol. The minimum Gasteiger partial charge on any atom is -0.478 e. The largest absolute Gasteiger partial charge is 0.478 e. The van der Waals surface area contributed by atoms with Crippen LogP contribution >= 0.6 is 15.9 Å². The Labute approximate surface area is 258 Å². The zero-order valence-corrected chi connectivity index (χ0v) is 26.7. The fourth-order valence-electron chi connectivity index (χ4n) is 3.51. The third kappa shape index (κ3) is 8.83. The smallest absolute Gasteiger partial charge is 0.347 e. The van der Waals surface area contributed by atoms with Gasteiger partial charge in [0.25, 0.3) is 0 Å². The normalized spacial score (nSPS) is 11.2. The number of ketones is 1. The molecule has 0 amide bonds. The van der Waals surface area contributed by atoms with Crippen molar-refractivity contribution in [2.75, 3.05) is 0 Å². The molecule has 0 spiro atoms. The summed E-state index contributed by atoms with van der Waals surface area (Å²) >= 11 is 3.00. The summed E-state index contributed by atoms with van der Waals surface area (Å²) in [6.45, 7) is 13.9. The van der Waals surface area contributed by atoms with E-state index in [-0.39, 0.29) is 35.5 Å². The molecule has 43 heavy (non-hydrogen) atoms. The monoisotopic (exact) mass is 658 g/mol. The molecule has 0 radical (unpaired) electrons. The van der Waals surface area contributed by atoms with E-state index < -0.39 is 5.97 Å². The highest BCUT2D eigenvalue weighted by molar-refractivity contribution is 9.10. The van der Waals surface area contributed by atoms with Gasteiger partial charge in [0.05, 0.1) is 34.6 Å². The van der Waals surface area contributed by atoms with E-state index in [0.29, 0.717) is 26.8 Å². The molecule has 5 rings (SSSR count). The second kappa shape index (κ2) is 13.3. The minimum atomic E-state index is -0.972. The van der Waals surface area contributed by atoms with Crippen LogP contribution in [0, 0.1) is 0 Å². The summed E-state index contributed by atoms with van der Waals surface area (Å²) in [6.07, 6.45) is 10.0. The Kier molecular flexibility index (Phi) is 10.8. The van der Waals surface area contributed by atoms with Gasteiger partial charge in [-0.15, -0.1) is 0 Å². The quantitative estimate of drug-likeness (QED) is 0.247. The number of carbonyl (C=O) groups is 2. The number of aryl methyl sites for hydroxylation is 2. The summed E-state index contributed by atoms with van der Waals surface area (Å²) in [4.78, 5) is 33.2. The standard InChI is InChI=1S/C14H16N4O2.C9H14N2O.C5H5BrN2O2.CH4/c1-14(2,3)18-7-9(6-15-18)12-5-11-10(13(19)20-12)8-17(4)16-11;1-7(12)8-5-10-11(6-8)9(2,3)4;1-8-2-3(5(9)10)4(6)7-8;/h5-8H,1-4H3;5-6H,1-4H3;2H,1H3,(H,9,10);1H4. The van der Waals surface area contributed by atoms with Gasteiger partial charge in [-0.1, -0.05) is 7.43 Å². The zero-order chi connectivity index (χ0) is 31.6. The fourth-order valence-corrected chi connectivity index (χ4v) is 4.04. The molecule has 0 saturated heterocycles. The molecule has 0 aromatic carbocycles. The second-order valence-corrected chi connectivity index (χ2v) is 12.3. The second-order valence-electron chi connectivity index (χ2n) is 11.6. The van der Waals surface area contributed by atoms with Crippen LogP contribution in [-0.4, -0.2) is 56.0 Å². The molecule has 5 aromatic heterocycles. The Morgan fingerprint density at radius 3 is 1.86 bits per heavy atom. The Balaban J connectivity index is 0.000000242. The van der Waals surface area contributed by atoms with Gasteiger partial charge in [0.15, 0.2) is 5.78 Å². The minimum absolute atomic E-state index is 0. The number of aromatic nitrogens is 8. The lowest BCUT2D eigenvalue weighted by Crippen LogP contribution is -2.22. The van der Waals surface area contributed by atoms with E-state index in [4.69, 9.17) is 9.52 Å². The van der Waals surface area contributed by atoms with E-state index >= 15 is 0 Å². The number of carboxylic acids is 1. The molecule has 5 aromatic rings. The highest BCUT2D eigenvalue weighted by Crippen LogP contribution is 2.23. The van der Waals surface area contributed by atoms with Gasteiger partial charge in [-0.25, -0.2) is 9.59 Å². The van der Waals surface area contributed by atoms with Crippen molar-refractivity contribution in [3.05, 3.63) is 69.4 Å². The van der Waals surface area contributed by atoms with Crippen LogP contribution in [0.4, 0.5) is 0 Å². The maximum Gasteiger partial charge on any atom is 0.347 e. The number of nitrogens with zero attached hydrogens (tertiary/aromatic N) is 8. The summed E-state index contributed by atoms with van der Waals surface area (Å²) in [5.41, 5.74) is 1.70. The Bertz CT molecular complexity index is 1780. The molecular formula is C29H39BrN8O5. The van der Waals surface area contributed by atoms with Gasteiger partial charge in [-0.2, -0.15) is 20.4 Å². The van der Waals surface area contributed by atoms with Gasteiger partial charge < -0.3 is 9.52 Å². The van der Waals surface area contributed by atoms with Gasteiger partial charge in [0, 0.05) is 44.9 Å². The molecule has 0 atom stereocenters. The topological polar surface area (TPSA) is 156 Å². The molecule has 0 aliphatic carbocycles. The highest BCUT2D eigenvalue weighted by atomic mass is 79.9. The van der Waals surface area contributed by atoms with E-state index in [1.54, 1.807) is 61.2 Å². The van der Waals surface area contributed by atoms with Crippen LogP contribution in [0.2, 0.25) is 0 Å². The van der Waals surface area contributed by atoms with Gasteiger partial charge in [-0.05, 0) is 64.4 Å². The zero-order valence-electron chi connectivity index (χ0n) is 25.1. The van der Waals surface area contributed by atoms with E-state index in [0.717, 1.165) is 5.56 Å². The van der Waals surface area contributed by atoms with E-state index in [1.807, 2.05) is 31.6 Å². The first-order chi connectivity index (χ1) is 19.4. The number of hydrogen-bond donors (Lipinski definition) is 1. The number of hydrogen-bond acceptors (Lipinski definition) is 8. The van der Waals surface area contributed by atoms with Gasteiger partial charge in [0.2, 0.25) is 0 Å². The number of rotatable bonds is 3. The predicted octanol–water partition coefficient (Wildman–Crippen LogP) is 5.50. The van der Waals surface area contributed by atoms with Crippen molar-refractivity contribution in [3.8, 4) is 11.3 Å². The van der Waals surface area contributed by atoms with Crippen LogP contribution in [0.15, 0.2) is 57.1 Å². The van der Waals surface area contributed by atoms with Gasteiger partial charge in [0.1, 0.15) is 26.8 Å². The molecule has 1 N–H and O–H groups in total. The van der Waals surface area contributed by atoms with Crippen molar-refractivity contribution in [2.24, 2.45) is 14.1 Å². The average Bonchev–Trinajstić information content (AvgIpc) is 3.64. The maximum absolute atomic E-state index is 11.9. The third-order valence-corrected chi connectivity index (χ3v) is 6.38. The lowest BCUT2D eigenvalue weighted by atomic mass is 10.1. The summed E-state index contributed by atoms with van der Waals surface area (Å²) < 4.78 is 12.4. The van der Waals surface area contributed by atoms with Crippen LogP contribution < -0.4 is 5.63 Å². The van der Waals surface area contributed by atoms with Crippen molar-refractivity contribution in [3.63, 3.8) is 0 Å². The number of halogens is 1. The number of carboxylic acid groups (broad SMARTS) is 1. The molecule has 232 valence electrons. The predicted molar refractivity (Wildman–Crippen MR) is 167 cm³/mol. The van der Waals surface area contributed by atoms with E-state index in [1.165, 1.54) is 10.9 Å². The number of fused-ring (bicyclic) bond motifs is 1. The molecule has 0 fully saturated rings. The molecule has 0 saturated carbocycles. The fraction of sp³-hybridized carbons (Fsp3) is 0.414. The molecular weight excluding hydrogens is 620 g/mol. The van der Waals surface area contributed by atoms with Crippen molar-refractivity contribution >= 4 is 38.6 Å². The van der Waals surface area contributed by atoms with Crippen molar-refractivity contribution in [1.29, 1.82) is 0 Å². The molecule has 0 bridgehead atoms. The lowest BCUT2D eigenvalue weighted by Gasteiger charge is -2.18. The van der Waals surface area contributed by atoms with E-state index in [2.05, 4.69) is 57.1 Å². The van der Waals surface area contributed by atoms with E-state index in [9.17, 15) is 14.4 Å². The molecule has 5 heterocycles. The first-order valence-corrected chi connectivity index (χ1v) is 13.7. The number of aromatic carboxylic acids is 1. The molecule has 13 nitrogen and oxygen atoms in total. The first-order valence-electron chi connectivity index (χ1n) is 12.9. The highest BCUT2D eigenvalue weighted by Gasteiger charge is 2.17. The molecule has 14 heteroatoms. The molecule has 0 unspecified atom stereocenters. The van der Waals surface area contributed by atoms with Crippen molar-refractivity contribution < 1.29 is 19.1 Å². The van der Waals surface area contributed by atoms with Crippen LogP contribution in [0.25, 0.3) is 22.2 Å². The Hall–Kier alpha value is -4.33. The van der Waals surface area contributed by atoms with Gasteiger partial charge >= 0.3 is 11.6 Å². The SMILES string of the molecule is C.CC(=O)c1cnn(C(C)(C)C)c1.Cn1cc(C(=O)O)c(Br)n1.Cn1cc2c(=O)oc(-c3cnn(C(C)(C)C)c3)cc2n1. The van der Waals surface area contributed by atoms with Crippen LogP contribution in [0.1, 0.15) is 76.6 Å². The summed E-state index contributed by atoms with van der Waals surface area (Å²) in [7, 11) is 3.44. The number of carbonyl (C=O) groups excluding carboxylic acids is 1. The summed E-state index contributed by atoms with van der Waals surface area (Å²) in [5.74, 6) is -0.429. The van der Waals surface area contributed by atoms with Crippen LogP contribution in [0.5, 0.6) is 0 Å². The third-order valence-electron chi connectivity index (χ3n) is 5.79.